The number of aromatic amines is 1. The quantitative estimate of drug-likeness (QED) is 0.327. The highest BCUT2D eigenvalue weighted by molar-refractivity contribution is 6.31. The second-order valence-corrected chi connectivity index (χ2v) is 7.05. The predicted molar refractivity (Wildman–Crippen MR) is 107 cm³/mol. The van der Waals surface area contributed by atoms with Crippen molar-refractivity contribution in [2.24, 2.45) is 0 Å². The van der Waals surface area contributed by atoms with Crippen molar-refractivity contribution in [3.8, 4) is 0 Å². The number of hydrogen-bond acceptors (Lipinski definition) is 3. The number of aryl methyl sites for hydroxylation is 2. The molecule has 0 atom stereocenters. The minimum atomic E-state index is -0.336. The normalized spacial score (nSPS) is 10.9. The second kappa shape index (κ2) is 8.87. The number of nitrogens with one attached hydrogen (secondary N) is 1. The molecule has 0 aliphatic rings. The third kappa shape index (κ3) is 5.20. The van der Waals surface area contributed by atoms with Crippen LogP contribution >= 0.6 is 11.6 Å². The van der Waals surface area contributed by atoms with Crippen molar-refractivity contribution in [3.05, 3.63) is 70.4 Å². The summed E-state index contributed by atoms with van der Waals surface area (Å²) >= 11 is 6.05. The lowest BCUT2D eigenvalue weighted by Gasteiger charge is -2.05. The number of fused-ring (bicyclic) bond motifs is 1. The van der Waals surface area contributed by atoms with Gasteiger partial charge in [0.25, 0.3) is 0 Å². The molecule has 0 amide bonds. The molecule has 1 N–H and O–H groups in total. The molecule has 140 valence electrons. The van der Waals surface area contributed by atoms with Crippen molar-refractivity contribution in [2.75, 3.05) is 6.61 Å². The number of H-pyrrole nitrogens is 1. The molecule has 0 unspecified atom stereocenters. The number of ether oxygens (including phenoxy) is 1. The molecule has 0 aliphatic carbocycles. The fraction of sp³-hybridized carbons (Fsp3) is 0.273. The SMILES string of the molecule is Cc1ccc(C(=O)CCC(=O)OCCCc2c[nH]c3ccc(Cl)cc23)cc1. The highest BCUT2D eigenvalue weighted by Crippen LogP contribution is 2.23. The first kappa shape index (κ1) is 19.2. The molecular formula is C22H22ClNO3. The lowest BCUT2D eigenvalue weighted by molar-refractivity contribution is -0.143. The summed E-state index contributed by atoms with van der Waals surface area (Å²) in [7, 11) is 0. The lowest BCUT2D eigenvalue weighted by atomic mass is 10.1. The molecule has 1 heterocycles. The number of halogens is 1. The average Bonchev–Trinajstić information content (AvgIpc) is 3.06. The number of carbonyl (C=O) groups is 2. The Bertz CT molecular complexity index is 944. The van der Waals surface area contributed by atoms with Gasteiger partial charge in [-0.05, 0) is 43.5 Å². The minimum absolute atomic E-state index is 0.0392. The van der Waals surface area contributed by atoms with Crippen LogP contribution in [-0.2, 0) is 16.0 Å². The number of Topliss-reactive ketones (excluding diaryl/α,β-unsaturated/α-hetero) is 1. The molecule has 0 bridgehead atoms. The van der Waals surface area contributed by atoms with Gasteiger partial charge in [0, 0.05) is 34.1 Å². The van der Waals surface area contributed by atoms with Crippen LogP contribution in [0.5, 0.6) is 0 Å². The monoisotopic (exact) mass is 383 g/mol. The van der Waals surface area contributed by atoms with Crippen molar-refractivity contribution < 1.29 is 14.3 Å². The molecule has 2 aromatic carbocycles. The van der Waals surface area contributed by atoms with E-state index in [4.69, 9.17) is 16.3 Å². The van der Waals surface area contributed by atoms with Gasteiger partial charge in [0.15, 0.2) is 5.78 Å². The second-order valence-electron chi connectivity index (χ2n) is 6.62. The van der Waals surface area contributed by atoms with Gasteiger partial charge in [-0.2, -0.15) is 0 Å². The average molecular weight is 384 g/mol. The Kier molecular flexibility index (Phi) is 6.30. The summed E-state index contributed by atoms with van der Waals surface area (Å²) in [5.74, 6) is -0.375. The first-order valence-electron chi connectivity index (χ1n) is 9.04. The van der Waals surface area contributed by atoms with E-state index in [1.54, 1.807) is 12.1 Å². The summed E-state index contributed by atoms with van der Waals surface area (Å²) in [5.41, 5.74) is 3.92. The van der Waals surface area contributed by atoms with E-state index < -0.39 is 0 Å². The van der Waals surface area contributed by atoms with E-state index in [2.05, 4.69) is 4.98 Å². The van der Waals surface area contributed by atoms with Gasteiger partial charge >= 0.3 is 5.97 Å². The van der Waals surface area contributed by atoms with E-state index in [-0.39, 0.29) is 24.6 Å². The minimum Gasteiger partial charge on any atom is -0.466 e. The van der Waals surface area contributed by atoms with E-state index >= 15 is 0 Å². The highest BCUT2D eigenvalue weighted by Gasteiger charge is 2.10. The Hall–Kier alpha value is -2.59. The van der Waals surface area contributed by atoms with Crippen molar-refractivity contribution in [2.45, 2.75) is 32.6 Å². The topological polar surface area (TPSA) is 59.2 Å². The molecule has 0 spiro atoms. The number of esters is 1. The number of carbonyl (C=O) groups excluding carboxylic acids is 2. The first-order valence-corrected chi connectivity index (χ1v) is 9.42. The Balaban J connectivity index is 1.40. The van der Waals surface area contributed by atoms with Crippen LogP contribution < -0.4 is 0 Å². The third-order valence-corrected chi connectivity index (χ3v) is 4.75. The van der Waals surface area contributed by atoms with E-state index in [0.29, 0.717) is 17.2 Å². The summed E-state index contributed by atoms with van der Waals surface area (Å²) in [6.45, 7) is 2.31. The highest BCUT2D eigenvalue weighted by atomic mass is 35.5. The van der Waals surface area contributed by atoms with Gasteiger partial charge in [0.05, 0.1) is 13.0 Å². The third-order valence-electron chi connectivity index (χ3n) is 4.51. The van der Waals surface area contributed by atoms with Gasteiger partial charge < -0.3 is 9.72 Å². The van der Waals surface area contributed by atoms with Crippen LogP contribution in [-0.4, -0.2) is 23.3 Å². The molecule has 3 rings (SSSR count). The Morgan fingerprint density at radius 2 is 1.85 bits per heavy atom. The van der Waals surface area contributed by atoms with Gasteiger partial charge in [-0.15, -0.1) is 0 Å². The molecule has 0 fully saturated rings. The summed E-state index contributed by atoms with van der Waals surface area (Å²) in [6.07, 6.45) is 3.74. The van der Waals surface area contributed by atoms with Crippen molar-refractivity contribution in [1.29, 1.82) is 0 Å². The molecule has 4 nitrogen and oxygen atoms in total. The molecular weight excluding hydrogens is 362 g/mol. The molecule has 0 radical (unpaired) electrons. The molecule has 0 saturated carbocycles. The van der Waals surface area contributed by atoms with Crippen LogP contribution in [0.4, 0.5) is 0 Å². The molecule has 0 aliphatic heterocycles. The Morgan fingerprint density at radius 1 is 1.07 bits per heavy atom. The standard InChI is InChI=1S/C22H22ClNO3/c1-15-4-6-16(7-5-15)21(25)10-11-22(26)27-12-2-3-17-14-24-20-9-8-18(23)13-19(17)20/h4-9,13-14,24H,2-3,10-12H2,1H3. The van der Waals surface area contributed by atoms with Crippen molar-refractivity contribution >= 4 is 34.3 Å². The smallest absolute Gasteiger partial charge is 0.306 e. The first-order chi connectivity index (χ1) is 13.0. The van der Waals surface area contributed by atoms with Crippen molar-refractivity contribution in [3.63, 3.8) is 0 Å². The number of benzene rings is 2. The number of ketones is 1. The zero-order chi connectivity index (χ0) is 19.2. The zero-order valence-electron chi connectivity index (χ0n) is 15.3. The van der Waals surface area contributed by atoms with Crippen LogP contribution in [0.3, 0.4) is 0 Å². The Labute approximate surface area is 163 Å². The largest absolute Gasteiger partial charge is 0.466 e. The summed E-state index contributed by atoms with van der Waals surface area (Å²) in [4.78, 5) is 27.1. The fourth-order valence-electron chi connectivity index (χ4n) is 2.98. The molecule has 3 aromatic rings. The van der Waals surface area contributed by atoms with Crippen LogP contribution in [0.15, 0.2) is 48.7 Å². The van der Waals surface area contributed by atoms with Crippen molar-refractivity contribution in [1.82, 2.24) is 4.98 Å². The Morgan fingerprint density at radius 3 is 2.63 bits per heavy atom. The van der Waals surface area contributed by atoms with Gasteiger partial charge in [0.1, 0.15) is 0 Å². The number of rotatable bonds is 8. The van der Waals surface area contributed by atoms with Gasteiger partial charge in [-0.25, -0.2) is 0 Å². The summed E-state index contributed by atoms with van der Waals surface area (Å²) in [5, 5.41) is 1.80. The van der Waals surface area contributed by atoms with Gasteiger partial charge in [-0.3, -0.25) is 9.59 Å². The zero-order valence-corrected chi connectivity index (χ0v) is 16.0. The molecule has 0 saturated heterocycles. The van der Waals surface area contributed by atoms with E-state index in [9.17, 15) is 9.59 Å². The van der Waals surface area contributed by atoms with Crippen LogP contribution in [0.1, 0.15) is 40.7 Å². The van der Waals surface area contributed by atoms with E-state index in [1.807, 2.05) is 43.5 Å². The maximum Gasteiger partial charge on any atom is 0.306 e. The number of aromatic nitrogens is 1. The summed E-state index contributed by atoms with van der Waals surface area (Å²) < 4.78 is 5.25. The van der Waals surface area contributed by atoms with Gasteiger partial charge in [-0.1, -0.05) is 41.4 Å². The maximum atomic E-state index is 12.1. The maximum absolute atomic E-state index is 12.1. The molecule has 1 aromatic heterocycles. The lowest BCUT2D eigenvalue weighted by Crippen LogP contribution is -2.09. The van der Waals surface area contributed by atoms with E-state index in [0.717, 1.165) is 34.9 Å². The molecule has 27 heavy (non-hydrogen) atoms. The van der Waals surface area contributed by atoms with Crippen LogP contribution in [0.25, 0.3) is 10.9 Å². The van der Waals surface area contributed by atoms with Gasteiger partial charge in [0.2, 0.25) is 0 Å². The van der Waals surface area contributed by atoms with Crippen LogP contribution in [0.2, 0.25) is 5.02 Å². The predicted octanol–water partition coefficient (Wildman–Crippen LogP) is 5.27. The van der Waals surface area contributed by atoms with Crippen LogP contribution in [0, 0.1) is 6.92 Å². The number of hydrogen-bond donors (Lipinski definition) is 1. The van der Waals surface area contributed by atoms with E-state index in [1.165, 1.54) is 0 Å². The molecule has 5 heteroatoms. The summed E-state index contributed by atoms with van der Waals surface area (Å²) in [6, 6.07) is 13.1. The fourth-order valence-corrected chi connectivity index (χ4v) is 3.15.